The van der Waals surface area contributed by atoms with Crippen molar-refractivity contribution >= 4 is 66.1 Å². The van der Waals surface area contributed by atoms with Crippen LogP contribution in [0.1, 0.15) is 38.5 Å². The molecule has 1 aromatic heterocycles. The Kier molecular flexibility index (Phi) is 6.68. The van der Waals surface area contributed by atoms with Crippen molar-refractivity contribution < 1.29 is 4.74 Å². The molecular formula is C26H31Br2ClN2O. The van der Waals surface area contributed by atoms with Gasteiger partial charge in [0.05, 0.1) is 13.2 Å². The van der Waals surface area contributed by atoms with Crippen LogP contribution in [-0.4, -0.2) is 29.9 Å². The van der Waals surface area contributed by atoms with Gasteiger partial charge >= 0.3 is 0 Å². The second kappa shape index (κ2) is 9.22. The SMILES string of the molecule is Brc1ccc2c(c1)c1cc(Br)ccc1n2CCOCCNC12CC3CC(CC(C3)C1)C2.Cl. The van der Waals surface area contributed by atoms with E-state index in [0.29, 0.717) is 5.54 Å². The molecule has 6 heteroatoms. The van der Waals surface area contributed by atoms with Gasteiger partial charge in [-0.2, -0.15) is 0 Å². The van der Waals surface area contributed by atoms with Gasteiger partial charge in [0.2, 0.25) is 0 Å². The molecule has 1 heterocycles. The number of ether oxygens (including phenoxy) is 1. The van der Waals surface area contributed by atoms with Gasteiger partial charge in [-0.05, 0) is 92.7 Å². The van der Waals surface area contributed by atoms with E-state index in [4.69, 9.17) is 4.74 Å². The van der Waals surface area contributed by atoms with Crippen LogP contribution in [0.2, 0.25) is 0 Å². The van der Waals surface area contributed by atoms with Crippen LogP contribution < -0.4 is 5.32 Å². The summed E-state index contributed by atoms with van der Waals surface area (Å²) in [7, 11) is 0. The van der Waals surface area contributed by atoms with Gasteiger partial charge in [0.1, 0.15) is 0 Å². The molecule has 0 amide bonds. The van der Waals surface area contributed by atoms with E-state index in [9.17, 15) is 0 Å². The molecule has 1 N–H and O–H groups in total. The van der Waals surface area contributed by atoms with Crippen molar-refractivity contribution in [3.05, 3.63) is 45.3 Å². The summed E-state index contributed by atoms with van der Waals surface area (Å²) < 4.78 is 10.7. The number of rotatable bonds is 7. The molecule has 4 fully saturated rings. The minimum absolute atomic E-state index is 0. The molecule has 172 valence electrons. The molecule has 4 aliphatic carbocycles. The largest absolute Gasteiger partial charge is 0.378 e. The Labute approximate surface area is 213 Å². The summed E-state index contributed by atoms with van der Waals surface area (Å²) in [5, 5.41) is 6.52. The molecule has 0 atom stereocenters. The Morgan fingerprint density at radius 1 is 0.844 bits per heavy atom. The van der Waals surface area contributed by atoms with Gasteiger partial charge in [0.15, 0.2) is 0 Å². The van der Waals surface area contributed by atoms with Gasteiger partial charge in [-0.15, -0.1) is 12.4 Å². The number of nitrogens with zero attached hydrogens (tertiary/aromatic N) is 1. The molecule has 3 aromatic rings. The first-order valence-corrected chi connectivity index (χ1v) is 13.4. The number of aromatic nitrogens is 1. The Morgan fingerprint density at radius 2 is 1.38 bits per heavy atom. The highest BCUT2D eigenvalue weighted by Crippen LogP contribution is 2.55. The summed E-state index contributed by atoms with van der Waals surface area (Å²) in [6.07, 6.45) is 8.73. The summed E-state index contributed by atoms with van der Waals surface area (Å²) in [5.41, 5.74) is 2.98. The summed E-state index contributed by atoms with van der Waals surface area (Å²) in [4.78, 5) is 0. The van der Waals surface area contributed by atoms with Gasteiger partial charge in [-0.25, -0.2) is 0 Å². The van der Waals surface area contributed by atoms with Crippen LogP contribution >= 0.6 is 44.3 Å². The number of hydrogen-bond acceptors (Lipinski definition) is 2. The zero-order valence-corrected chi connectivity index (χ0v) is 22.3. The lowest BCUT2D eigenvalue weighted by atomic mass is 9.53. The molecule has 0 spiro atoms. The zero-order chi connectivity index (χ0) is 21.0. The summed E-state index contributed by atoms with van der Waals surface area (Å²) in [6.45, 7) is 3.41. The molecule has 4 saturated carbocycles. The van der Waals surface area contributed by atoms with E-state index in [1.54, 1.807) is 0 Å². The van der Waals surface area contributed by atoms with Crippen LogP contribution in [0.25, 0.3) is 21.8 Å². The van der Waals surface area contributed by atoms with E-state index >= 15 is 0 Å². The maximum atomic E-state index is 6.11. The van der Waals surface area contributed by atoms with Crippen LogP contribution in [0.15, 0.2) is 45.3 Å². The Bertz CT molecular complexity index is 1030. The third-order valence-corrected chi connectivity index (χ3v) is 9.02. The lowest BCUT2D eigenvalue weighted by molar-refractivity contribution is -0.0229. The Balaban J connectivity index is 0.00000216. The van der Waals surface area contributed by atoms with Gasteiger partial charge in [0, 0.05) is 49.4 Å². The number of nitrogens with one attached hydrogen (secondary N) is 1. The van der Waals surface area contributed by atoms with Crippen molar-refractivity contribution in [1.29, 1.82) is 0 Å². The summed E-state index contributed by atoms with van der Waals surface area (Å²) in [5.74, 6) is 2.99. The Hall–Kier alpha value is -0.590. The first kappa shape index (κ1) is 23.2. The normalized spacial score (nSPS) is 28.5. The number of halogens is 3. The summed E-state index contributed by atoms with van der Waals surface area (Å²) >= 11 is 7.26. The monoisotopic (exact) mass is 580 g/mol. The molecule has 4 bridgehead atoms. The average molecular weight is 583 g/mol. The van der Waals surface area contributed by atoms with Gasteiger partial charge < -0.3 is 14.6 Å². The second-order valence-corrected chi connectivity index (χ2v) is 12.0. The van der Waals surface area contributed by atoms with Crippen molar-refractivity contribution in [2.24, 2.45) is 17.8 Å². The fraction of sp³-hybridized carbons (Fsp3) is 0.538. The molecule has 0 unspecified atom stereocenters. The predicted octanol–water partition coefficient (Wildman–Crippen LogP) is 7.32. The highest BCUT2D eigenvalue weighted by molar-refractivity contribution is 9.10. The zero-order valence-electron chi connectivity index (χ0n) is 18.3. The smallest absolute Gasteiger partial charge is 0.0646 e. The van der Waals surface area contributed by atoms with Crippen molar-refractivity contribution in [2.75, 3.05) is 19.8 Å². The maximum absolute atomic E-state index is 6.11. The van der Waals surface area contributed by atoms with Crippen molar-refractivity contribution in [1.82, 2.24) is 9.88 Å². The van der Waals surface area contributed by atoms with E-state index in [1.165, 1.54) is 60.3 Å². The van der Waals surface area contributed by atoms with Gasteiger partial charge in [-0.1, -0.05) is 31.9 Å². The van der Waals surface area contributed by atoms with E-state index < -0.39 is 0 Å². The second-order valence-electron chi connectivity index (χ2n) is 10.2. The van der Waals surface area contributed by atoms with E-state index in [0.717, 1.165) is 53.0 Å². The van der Waals surface area contributed by atoms with Crippen LogP contribution in [0, 0.1) is 17.8 Å². The third-order valence-electron chi connectivity index (χ3n) is 8.03. The molecule has 4 aliphatic rings. The quantitative estimate of drug-likeness (QED) is 0.296. The van der Waals surface area contributed by atoms with Crippen LogP contribution in [0.4, 0.5) is 0 Å². The number of fused-ring (bicyclic) bond motifs is 3. The molecule has 0 saturated heterocycles. The third kappa shape index (κ3) is 4.29. The van der Waals surface area contributed by atoms with E-state index in [2.05, 4.69) is 78.1 Å². The maximum Gasteiger partial charge on any atom is 0.0646 e. The first-order chi connectivity index (χ1) is 15.1. The molecule has 3 nitrogen and oxygen atoms in total. The lowest BCUT2D eigenvalue weighted by Crippen LogP contribution is -2.58. The highest BCUT2D eigenvalue weighted by atomic mass is 79.9. The molecule has 7 rings (SSSR count). The average Bonchev–Trinajstić information content (AvgIpc) is 3.02. The first-order valence-electron chi connectivity index (χ1n) is 11.8. The lowest BCUT2D eigenvalue weighted by Gasteiger charge is -2.57. The topological polar surface area (TPSA) is 26.2 Å². The highest BCUT2D eigenvalue weighted by Gasteiger charge is 2.50. The summed E-state index contributed by atoms with van der Waals surface area (Å²) in [6, 6.07) is 13.1. The molecule has 2 aromatic carbocycles. The minimum Gasteiger partial charge on any atom is -0.378 e. The number of benzene rings is 2. The van der Waals surface area contributed by atoms with Crippen molar-refractivity contribution in [3.8, 4) is 0 Å². The van der Waals surface area contributed by atoms with Crippen molar-refractivity contribution in [3.63, 3.8) is 0 Å². The molecule has 0 aliphatic heterocycles. The van der Waals surface area contributed by atoms with Crippen LogP contribution in [0.3, 0.4) is 0 Å². The number of hydrogen-bond donors (Lipinski definition) is 1. The van der Waals surface area contributed by atoms with Crippen LogP contribution in [-0.2, 0) is 11.3 Å². The van der Waals surface area contributed by atoms with Crippen molar-refractivity contribution in [2.45, 2.75) is 50.6 Å². The predicted molar refractivity (Wildman–Crippen MR) is 142 cm³/mol. The van der Waals surface area contributed by atoms with E-state index in [1.807, 2.05) is 0 Å². The Morgan fingerprint density at radius 3 is 1.91 bits per heavy atom. The molecule has 32 heavy (non-hydrogen) atoms. The fourth-order valence-electron chi connectivity index (χ4n) is 7.26. The standard InChI is InChI=1S/C26H30Br2N2O.ClH/c27-20-1-3-24-22(12-20)23-13-21(28)2-4-25(23)30(24)6-8-31-7-5-29-26-14-17-9-18(15-26)11-19(10-17)16-26;/h1-4,12-13,17-19,29H,5-11,14-16H2;1H. The van der Waals surface area contributed by atoms with Gasteiger partial charge in [0.25, 0.3) is 0 Å². The molecule has 0 radical (unpaired) electrons. The van der Waals surface area contributed by atoms with Gasteiger partial charge in [-0.3, -0.25) is 0 Å². The fourth-order valence-corrected chi connectivity index (χ4v) is 7.98. The molecular weight excluding hydrogens is 552 g/mol. The van der Waals surface area contributed by atoms with Crippen LogP contribution in [0.5, 0.6) is 0 Å². The minimum atomic E-state index is 0. The van der Waals surface area contributed by atoms with E-state index in [-0.39, 0.29) is 12.4 Å².